The van der Waals surface area contributed by atoms with E-state index in [1.54, 1.807) is 35.4 Å². The van der Waals surface area contributed by atoms with Crippen molar-refractivity contribution >= 4 is 28.8 Å². The first-order valence-corrected chi connectivity index (χ1v) is 8.96. The summed E-state index contributed by atoms with van der Waals surface area (Å²) in [5.74, 6) is 1.20. The first kappa shape index (κ1) is 18.6. The summed E-state index contributed by atoms with van der Waals surface area (Å²) in [6.07, 6.45) is 0. The molecule has 0 aliphatic heterocycles. The Labute approximate surface area is 152 Å². The molecule has 0 unspecified atom stereocenters. The molecule has 0 saturated heterocycles. The first-order chi connectivity index (χ1) is 11.4. The lowest BCUT2D eigenvalue weighted by atomic mass is 10.1. The van der Waals surface area contributed by atoms with Crippen LogP contribution in [-0.2, 0) is 6.54 Å². The summed E-state index contributed by atoms with van der Waals surface area (Å²) in [4.78, 5) is 15.4. The number of nitrogens with zero attached hydrogens (tertiary/aromatic N) is 1. The molecule has 2 rings (SSSR count). The normalized spacial score (nSPS) is 10.8. The third kappa shape index (κ3) is 4.65. The average molecular weight is 368 g/mol. The molecule has 0 fully saturated rings. The zero-order valence-electron chi connectivity index (χ0n) is 14.3. The fourth-order valence-electron chi connectivity index (χ4n) is 2.16. The molecule has 1 heterocycles. The van der Waals surface area contributed by atoms with E-state index < -0.39 is 0 Å². The van der Waals surface area contributed by atoms with Gasteiger partial charge in [-0.1, -0.05) is 31.5 Å². The van der Waals surface area contributed by atoms with Crippen molar-refractivity contribution in [1.82, 2.24) is 4.90 Å². The second-order valence-electron chi connectivity index (χ2n) is 5.93. The van der Waals surface area contributed by atoms with Crippen molar-refractivity contribution in [3.63, 3.8) is 0 Å². The molecule has 0 aliphatic rings. The van der Waals surface area contributed by atoms with Crippen LogP contribution in [0.5, 0.6) is 11.5 Å². The standard InChI is InChI=1S/C18H22ClNO3S/c1-12(2)11-23-17-15(19)8-13(9-16(17)22-4)18(21)20(3)10-14-6-5-7-24-14/h5-9,12H,10-11H2,1-4H3. The summed E-state index contributed by atoms with van der Waals surface area (Å²) in [5, 5.41) is 2.37. The van der Waals surface area contributed by atoms with Crippen molar-refractivity contribution in [2.24, 2.45) is 5.92 Å². The minimum Gasteiger partial charge on any atom is -0.493 e. The molecule has 1 amide bonds. The van der Waals surface area contributed by atoms with Crippen LogP contribution >= 0.6 is 22.9 Å². The van der Waals surface area contributed by atoms with Crippen LogP contribution in [0.3, 0.4) is 0 Å². The molecule has 1 aromatic carbocycles. The molecule has 6 heteroatoms. The van der Waals surface area contributed by atoms with Crippen molar-refractivity contribution in [3.05, 3.63) is 45.1 Å². The Morgan fingerprint density at radius 1 is 1.38 bits per heavy atom. The first-order valence-electron chi connectivity index (χ1n) is 7.70. The Morgan fingerprint density at radius 3 is 2.71 bits per heavy atom. The van der Waals surface area contributed by atoms with Gasteiger partial charge in [-0.25, -0.2) is 0 Å². The van der Waals surface area contributed by atoms with E-state index in [9.17, 15) is 4.79 Å². The van der Waals surface area contributed by atoms with E-state index in [0.29, 0.717) is 41.2 Å². The van der Waals surface area contributed by atoms with Gasteiger partial charge in [0, 0.05) is 17.5 Å². The minimum atomic E-state index is -0.112. The van der Waals surface area contributed by atoms with Gasteiger partial charge in [-0.15, -0.1) is 11.3 Å². The highest BCUT2D eigenvalue weighted by Gasteiger charge is 2.19. The van der Waals surface area contributed by atoms with E-state index in [4.69, 9.17) is 21.1 Å². The Morgan fingerprint density at radius 2 is 2.12 bits per heavy atom. The predicted molar refractivity (Wildman–Crippen MR) is 98.5 cm³/mol. The smallest absolute Gasteiger partial charge is 0.254 e. The van der Waals surface area contributed by atoms with E-state index in [1.807, 2.05) is 17.5 Å². The number of carbonyl (C=O) groups is 1. The van der Waals surface area contributed by atoms with Gasteiger partial charge in [0.05, 0.1) is 25.3 Å². The molecule has 0 saturated carbocycles. The van der Waals surface area contributed by atoms with Crippen molar-refractivity contribution < 1.29 is 14.3 Å². The van der Waals surface area contributed by atoms with Crippen molar-refractivity contribution in [1.29, 1.82) is 0 Å². The number of carbonyl (C=O) groups excluding carboxylic acids is 1. The highest BCUT2D eigenvalue weighted by molar-refractivity contribution is 7.09. The molecule has 4 nitrogen and oxygen atoms in total. The highest BCUT2D eigenvalue weighted by Crippen LogP contribution is 2.37. The monoisotopic (exact) mass is 367 g/mol. The maximum absolute atomic E-state index is 12.6. The van der Waals surface area contributed by atoms with Crippen LogP contribution in [0, 0.1) is 5.92 Å². The number of benzene rings is 1. The van der Waals surface area contributed by atoms with Gasteiger partial charge in [0.15, 0.2) is 11.5 Å². The predicted octanol–water partition coefficient (Wildman–Crippen LogP) is 4.72. The van der Waals surface area contributed by atoms with Crippen LogP contribution < -0.4 is 9.47 Å². The van der Waals surface area contributed by atoms with Crippen LogP contribution in [-0.4, -0.2) is 31.6 Å². The van der Waals surface area contributed by atoms with Gasteiger partial charge in [0.25, 0.3) is 5.91 Å². The maximum atomic E-state index is 12.6. The zero-order chi connectivity index (χ0) is 17.7. The molecule has 1 aromatic heterocycles. The third-order valence-electron chi connectivity index (χ3n) is 3.36. The summed E-state index contributed by atoms with van der Waals surface area (Å²) in [5.41, 5.74) is 0.479. The fourth-order valence-corrected chi connectivity index (χ4v) is 3.18. The molecule has 0 atom stereocenters. The number of amides is 1. The van der Waals surface area contributed by atoms with Crippen molar-refractivity contribution in [3.8, 4) is 11.5 Å². The lowest BCUT2D eigenvalue weighted by Gasteiger charge is -2.19. The van der Waals surface area contributed by atoms with Crippen LogP contribution in [0.1, 0.15) is 29.1 Å². The van der Waals surface area contributed by atoms with Gasteiger partial charge in [-0.05, 0) is 29.5 Å². The van der Waals surface area contributed by atoms with E-state index in [-0.39, 0.29) is 5.91 Å². The molecule has 0 radical (unpaired) electrons. The summed E-state index contributed by atoms with van der Waals surface area (Å²) < 4.78 is 11.1. The molecular formula is C18H22ClNO3S. The summed E-state index contributed by atoms with van der Waals surface area (Å²) in [7, 11) is 3.31. The zero-order valence-corrected chi connectivity index (χ0v) is 15.9. The number of rotatable bonds is 7. The lowest BCUT2D eigenvalue weighted by molar-refractivity contribution is 0.0786. The molecule has 130 valence electrons. The molecule has 0 spiro atoms. The van der Waals surface area contributed by atoms with Gasteiger partial charge < -0.3 is 14.4 Å². The van der Waals surface area contributed by atoms with Crippen molar-refractivity contribution in [2.45, 2.75) is 20.4 Å². The quantitative estimate of drug-likeness (QED) is 0.710. The number of halogens is 1. The Kier molecular flexibility index (Phi) is 6.52. The average Bonchev–Trinajstić information content (AvgIpc) is 3.04. The fraction of sp³-hybridized carbons (Fsp3) is 0.389. The molecule has 0 bridgehead atoms. The minimum absolute atomic E-state index is 0.112. The van der Waals surface area contributed by atoms with Crippen LogP contribution in [0.15, 0.2) is 29.6 Å². The van der Waals surface area contributed by atoms with Gasteiger partial charge in [-0.2, -0.15) is 0 Å². The third-order valence-corrected chi connectivity index (χ3v) is 4.50. The van der Waals surface area contributed by atoms with E-state index >= 15 is 0 Å². The van der Waals surface area contributed by atoms with Gasteiger partial charge >= 0.3 is 0 Å². The second-order valence-corrected chi connectivity index (χ2v) is 7.37. The molecule has 24 heavy (non-hydrogen) atoms. The second kappa shape index (κ2) is 8.40. The number of thiophene rings is 1. The Bertz CT molecular complexity index is 686. The van der Waals surface area contributed by atoms with Crippen molar-refractivity contribution in [2.75, 3.05) is 20.8 Å². The molecule has 0 aliphatic carbocycles. The van der Waals surface area contributed by atoms with E-state index in [1.165, 1.54) is 7.11 Å². The Balaban J connectivity index is 2.20. The number of methoxy groups -OCH3 is 1. The largest absolute Gasteiger partial charge is 0.493 e. The SMILES string of the molecule is COc1cc(C(=O)N(C)Cc2cccs2)cc(Cl)c1OCC(C)C. The number of hydrogen-bond acceptors (Lipinski definition) is 4. The van der Waals surface area contributed by atoms with Crippen LogP contribution in [0.2, 0.25) is 5.02 Å². The summed E-state index contributed by atoms with van der Waals surface area (Å²) in [6.45, 7) is 5.19. The number of ether oxygens (including phenoxy) is 2. The summed E-state index contributed by atoms with van der Waals surface area (Å²) >= 11 is 7.94. The van der Waals surface area contributed by atoms with Gasteiger partial charge in [0.1, 0.15) is 0 Å². The molecular weight excluding hydrogens is 346 g/mol. The van der Waals surface area contributed by atoms with E-state index in [0.717, 1.165) is 4.88 Å². The van der Waals surface area contributed by atoms with Crippen LogP contribution in [0.25, 0.3) is 0 Å². The lowest BCUT2D eigenvalue weighted by Crippen LogP contribution is -2.25. The van der Waals surface area contributed by atoms with Gasteiger partial charge in [-0.3, -0.25) is 4.79 Å². The molecule has 0 N–H and O–H groups in total. The Hall–Kier alpha value is -1.72. The number of hydrogen-bond donors (Lipinski definition) is 0. The van der Waals surface area contributed by atoms with Crippen LogP contribution in [0.4, 0.5) is 0 Å². The van der Waals surface area contributed by atoms with Gasteiger partial charge in [0.2, 0.25) is 0 Å². The van der Waals surface area contributed by atoms with E-state index in [2.05, 4.69) is 13.8 Å². The maximum Gasteiger partial charge on any atom is 0.254 e. The highest BCUT2D eigenvalue weighted by atomic mass is 35.5. The topological polar surface area (TPSA) is 38.8 Å². The summed E-state index contributed by atoms with van der Waals surface area (Å²) in [6, 6.07) is 7.28. The molecule has 2 aromatic rings.